The summed E-state index contributed by atoms with van der Waals surface area (Å²) >= 11 is 2.30. The SMILES string of the molecule is IC1=CC=CC2OCCOC12. The summed E-state index contributed by atoms with van der Waals surface area (Å²) in [5.74, 6) is 0. The highest BCUT2D eigenvalue weighted by molar-refractivity contribution is 14.1. The highest BCUT2D eigenvalue weighted by atomic mass is 127. The molecule has 0 aromatic heterocycles. The summed E-state index contributed by atoms with van der Waals surface area (Å²) < 4.78 is 12.3. The van der Waals surface area contributed by atoms with Crippen LogP contribution in [-0.4, -0.2) is 25.4 Å². The molecule has 0 radical (unpaired) electrons. The number of rotatable bonds is 0. The molecule has 2 unspecified atom stereocenters. The van der Waals surface area contributed by atoms with Crippen LogP contribution in [0.3, 0.4) is 0 Å². The summed E-state index contributed by atoms with van der Waals surface area (Å²) in [5.41, 5.74) is 0. The number of halogens is 1. The van der Waals surface area contributed by atoms with Crippen molar-refractivity contribution < 1.29 is 9.47 Å². The van der Waals surface area contributed by atoms with Gasteiger partial charge in [0.15, 0.2) is 0 Å². The van der Waals surface area contributed by atoms with E-state index >= 15 is 0 Å². The Kier molecular flexibility index (Phi) is 2.29. The average molecular weight is 264 g/mol. The topological polar surface area (TPSA) is 18.5 Å². The minimum absolute atomic E-state index is 0.153. The van der Waals surface area contributed by atoms with Gasteiger partial charge >= 0.3 is 0 Å². The van der Waals surface area contributed by atoms with Gasteiger partial charge in [-0.05, 0) is 22.6 Å². The van der Waals surface area contributed by atoms with Crippen molar-refractivity contribution in [2.45, 2.75) is 12.2 Å². The van der Waals surface area contributed by atoms with Gasteiger partial charge in [-0.1, -0.05) is 18.2 Å². The Balaban J connectivity index is 2.16. The molecule has 0 bridgehead atoms. The van der Waals surface area contributed by atoms with Gasteiger partial charge in [0.05, 0.1) is 13.2 Å². The van der Waals surface area contributed by atoms with Crippen LogP contribution >= 0.6 is 22.6 Å². The van der Waals surface area contributed by atoms with Crippen molar-refractivity contribution in [1.29, 1.82) is 0 Å². The molecule has 1 saturated heterocycles. The maximum Gasteiger partial charge on any atom is 0.118 e. The molecular formula is C8H9IO2. The third-order valence-electron chi connectivity index (χ3n) is 1.82. The van der Waals surface area contributed by atoms with Gasteiger partial charge in [0.1, 0.15) is 12.2 Å². The molecule has 1 fully saturated rings. The summed E-state index contributed by atoms with van der Waals surface area (Å²) in [6.45, 7) is 1.44. The first-order chi connectivity index (χ1) is 5.38. The molecule has 1 heterocycles. The molecule has 2 nitrogen and oxygen atoms in total. The predicted octanol–water partition coefficient (Wildman–Crippen LogP) is 1.66. The van der Waals surface area contributed by atoms with Gasteiger partial charge in [-0.2, -0.15) is 0 Å². The third kappa shape index (κ3) is 1.50. The quantitative estimate of drug-likeness (QED) is 0.619. The molecule has 0 aromatic rings. The molecule has 0 aromatic carbocycles. The van der Waals surface area contributed by atoms with E-state index in [1.807, 2.05) is 12.2 Å². The second-order valence-electron chi connectivity index (χ2n) is 2.56. The van der Waals surface area contributed by atoms with Crippen LogP contribution in [0.2, 0.25) is 0 Å². The van der Waals surface area contributed by atoms with E-state index in [0.29, 0.717) is 0 Å². The van der Waals surface area contributed by atoms with E-state index in [1.165, 1.54) is 3.58 Å². The summed E-state index contributed by atoms with van der Waals surface area (Å²) in [6, 6.07) is 0. The Hall–Kier alpha value is 0.130. The average Bonchev–Trinajstić information content (AvgIpc) is 2.06. The zero-order valence-electron chi connectivity index (χ0n) is 6.00. The van der Waals surface area contributed by atoms with Crippen molar-refractivity contribution in [2.24, 2.45) is 0 Å². The smallest absolute Gasteiger partial charge is 0.118 e. The number of ether oxygens (including phenoxy) is 2. The summed E-state index contributed by atoms with van der Waals surface area (Å²) in [6.07, 6.45) is 6.45. The van der Waals surface area contributed by atoms with E-state index in [4.69, 9.17) is 9.47 Å². The van der Waals surface area contributed by atoms with Crippen molar-refractivity contribution in [1.82, 2.24) is 0 Å². The van der Waals surface area contributed by atoms with E-state index in [2.05, 4.69) is 28.7 Å². The van der Waals surface area contributed by atoms with E-state index in [9.17, 15) is 0 Å². The first kappa shape index (κ1) is 7.76. The normalized spacial score (nSPS) is 36.3. The van der Waals surface area contributed by atoms with Crippen molar-refractivity contribution in [2.75, 3.05) is 13.2 Å². The van der Waals surface area contributed by atoms with E-state index in [1.54, 1.807) is 0 Å². The van der Waals surface area contributed by atoms with Crippen molar-refractivity contribution in [3.05, 3.63) is 21.8 Å². The Morgan fingerprint density at radius 2 is 2.18 bits per heavy atom. The van der Waals surface area contributed by atoms with Gasteiger partial charge in [0, 0.05) is 3.58 Å². The molecule has 60 valence electrons. The molecule has 3 heteroatoms. The maximum absolute atomic E-state index is 5.54. The molecule has 0 spiro atoms. The molecule has 2 aliphatic rings. The van der Waals surface area contributed by atoms with Crippen LogP contribution in [0.1, 0.15) is 0 Å². The van der Waals surface area contributed by atoms with Gasteiger partial charge in [0.2, 0.25) is 0 Å². The standard InChI is InChI=1S/C8H9IO2/c9-6-2-1-3-7-8(6)11-5-4-10-7/h1-3,7-8H,4-5H2. The lowest BCUT2D eigenvalue weighted by Crippen LogP contribution is -2.38. The fraction of sp³-hybridized carbons (Fsp3) is 0.500. The molecule has 11 heavy (non-hydrogen) atoms. The minimum atomic E-state index is 0.153. The number of hydrogen-bond acceptors (Lipinski definition) is 2. The van der Waals surface area contributed by atoms with Crippen LogP contribution in [-0.2, 0) is 9.47 Å². The molecule has 2 rings (SSSR count). The second-order valence-corrected chi connectivity index (χ2v) is 3.81. The van der Waals surface area contributed by atoms with Crippen molar-refractivity contribution >= 4 is 22.6 Å². The Morgan fingerprint density at radius 3 is 3.00 bits per heavy atom. The lowest BCUT2D eigenvalue weighted by Gasteiger charge is -2.31. The van der Waals surface area contributed by atoms with Crippen LogP contribution in [0.25, 0.3) is 0 Å². The molecule has 0 N–H and O–H groups in total. The van der Waals surface area contributed by atoms with Crippen LogP contribution in [0.5, 0.6) is 0 Å². The van der Waals surface area contributed by atoms with Crippen LogP contribution in [0, 0.1) is 0 Å². The predicted molar refractivity (Wildman–Crippen MR) is 50.7 cm³/mol. The molecule has 1 aliphatic heterocycles. The summed E-state index contributed by atoms with van der Waals surface area (Å²) in [7, 11) is 0. The Morgan fingerprint density at radius 1 is 1.36 bits per heavy atom. The number of hydrogen-bond donors (Lipinski definition) is 0. The second kappa shape index (κ2) is 3.25. The first-order valence-electron chi connectivity index (χ1n) is 3.65. The van der Waals surface area contributed by atoms with Crippen LogP contribution in [0.4, 0.5) is 0 Å². The highest BCUT2D eigenvalue weighted by Crippen LogP contribution is 2.26. The monoisotopic (exact) mass is 264 g/mol. The lowest BCUT2D eigenvalue weighted by atomic mass is 10.1. The molecule has 0 amide bonds. The van der Waals surface area contributed by atoms with Crippen LogP contribution < -0.4 is 0 Å². The Labute approximate surface area is 79.4 Å². The first-order valence-corrected chi connectivity index (χ1v) is 4.73. The Bertz CT molecular complexity index is 210. The van der Waals surface area contributed by atoms with Gasteiger partial charge in [-0.15, -0.1) is 0 Å². The summed E-state index contributed by atoms with van der Waals surface area (Å²) in [4.78, 5) is 0. The van der Waals surface area contributed by atoms with E-state index < -0.39 is 0 Å². The molecule has 2 atom stereocenters. The van der Waals surface area contributed by atoms with Crippen LogP contribution in [0.15, 0.2) is 21.8 Å². The van der Waals surface area contributed by atoms with Gasteiger partial charge in [-0.3, -0.25) is 0 Å². The third-order valence-corrected chi connectivity index (χ3v) is 2.79. The van der Waals surface area contributed by atoms with Gasteiger partial charge in [0.25, 0.3) is 0 Å². The minimum Gasteiger partial charge on any atom is -0.369 e. The zero-order valence-corrected chi connectivity index (χ0v) is 8.15. The fourth-order valence-electron chi connectivity index (χ4n) is 1.29. The van der Waals surface area contributed by atoms with Gasteiger partial charge < -0.3 is 9.47 Å². The lowest BCUT2D eigenvalue weighted by molar-refractivity contribution is -0.102. The maximum atomic E-state index is 5.54. The largest absolute Gasteiger partial charge is 0.369 e. The number of allylic oxidation sites excluding steroid dienone is 2. The van der Waals surface area contributed by atoms with Crippen molar-refractivity contribution in [3.8, 4) is 0 Å². The fourth-order valence-corrected chi connectivity index (χ4v) is 2.03. The number of fused-ring (bicyclic) bond motifs is 1. The zero-order chi connectivity index (χ0) is 7.68. The van der Waals surface area contributed by atoms with E-state index in [-0.39, 0.29) is 12.2 Å². The molecule has 1 aliphatic carbocycles. The summed E-state index contributed by atoms with van der Waals surface area (Å²) in [5, 5.41) is 0. The van der Waals surface area contributed by atoms with E-state index in [0.717, 1.165) is 13.2 Å². The molecule has 0 saturated carbocycles. The molecular weight excluding hydrogens is 255 g/mol. The highest BCUT2D eigenvalue weighted by Gasteiger charge is 2.28. The van der Waals surface area contributed by atoms with Gasteiger partial charge in [-0.25, -0.2) is 0 Å². The van der Waals surface area contributed by atoms with Crippen molar-refractivity contribution in [3.63, 3.8) is 0 Å².